The van der Waals surface area contributed by atoms with Gasteiger partial charge in [0, 0.05) is 22.5 Å². The Morgan fingerprint density at radius 2 is 1.70 bits per heavy atom. The third kappa shape index (κ3) is 9.21. The summed E-state index contributed by atoms with van der Waals surface area (Å²) in [6.45, 7) is -0.578. The standard InChI is InChI=1S/C25H30F3N3O6S3/c1-38-20-8-10-21(11-9-20)40(36,37)15-17-6-7-19(31-39(2,34)35)13-22(17)30-23(32)14-29-24(33)16-4-3-5-18(12-16)25(26,27)28/h3-5,8-12,17,19,22,31H,6-7,13-15H2,1-2H3,(H,29,33)(H,30,32)/t17-,19+,22-/m0/s1. The smallest absolute Gasteiger partial charge is 0.351 e. The van der Waals surface area contributed by atoms with Gasteiger partial charge in [-0.15, -0.1) is 11.8 Å². The van der Waals surface area contributed by atoms with Crippen LogP contribution in [0.3, 0.4) is 0 Å². The first-order valence-electron chi connectivity index (χ1n) is 12.2. The van der Waals surface area contributed by atoms with Gasteiger partial charge in [-0.25, -0.2) is 21.6 Å². The highest BCUT2D eigenvalue weighted by Gasteiger charge is 2.36. The van der Waals surface area contributed by atoms with Crippen molar-refractivity contribution >= 4 is 43.4 Å². The summed E-state index contributed by atoms with van der Waals surface area (Å²) in [5.74, 6) is -2.43. The molecule has 0 unspecified atom stereocenters. The summed E-state index contributed by atoms with van der Waals surface area (Å²) in [5, 5.41) is 4.95. The molecule has 3 N–H and O–H groups in total. The fraction of sp³-hybridized carbons (Fsp3) is 0.440. The first kappa shape index (κ1) is 31.9. The predicted octanol–water partition coefficient (Wildman–Crippen LogP) is 2.83. The second-order valence-electron chi connectivity index (χ2n) is 9.55. The van der Waals surface area contributed by atoms with Crippen LogP contribution in [0.2, 0.25) is 0 Å². The SMILES string of the molecule is CSc1ccc(S(=O)(=O)C[C@@H]2CC[C@@H](NS(C)(=O)=O)C[C@@H]2NC(=O)CNC(=O)c2cccc(C(F)(F)F)c2)cc1. The van der Waals surface area contributed by atoms with E-state index >= 15 is 0 Å². The molecule has 9 nitrogen and oxygen atoms in total. The molecular weight excluding hydrogens is 591 g/mol. The fourth-order valence-corrected chi connectivity index (χ4v) is 7.47. The molecule has 3 atom stereocenters. The lowest BCUT2D eigenvalue weighted by molar-refractivity contribution is -0.137. The fourth-order valence-electron chi connectivity index (χ4n) is 4.54. The van der Waals surface area contributed by atoms with Crippen LogP contribution in [0.5, 0.6) is 0 Å². The highest BCUT2D eigenvalue weighted by atomic mass is 32.2. The summed E-state index contributed by atoms with van der Waals surface area (Å²) in [6, 6.07) is 8.86. The number of benzene rings is 2. The Kier molecular flexibility index (Phi) is 10.3. The van der Waals surface area contributed by atoms with E-state index in [1.165, 1.54) is 30.0 Å². The van der Waals surface area contributed by atoms with Gasteiger partial charge in [-0.05, 0) is 73.9 Å². The van der Waals surface area contributed by atoms with Crippen LogP contribution in [0.4, 0.5) is 13.2 Å². The first-order chi connectivity index (χ1) is 18.6. The number of rotatable bonds is 10. The summed E-state index contributed by atoms with van der Waals surface area (Å²) < 4.78 is 91.2. The summed E-state index contributed by atoms with van der Waals surface area (Å²) >= 11 is 1.46. The molecule has 2 aromatic carbocycles. The van der Waals surface area contributed by atoms with E-state index < -0.39 is 68.0 Å². The molecule has 2 amide bonds. The number of carbonyl (C=O) groups is 2. The third-order valence-electron chi connectivity index (χ3n) is 6.43. The van der Waals surface area contributed by atoms with Gasteiger partial charge in [0.25, 0.3) is 5.91 Å². The maximum atomic E-state index is 13.1. The zero-order chi connectivity index (χ0) is 29.7. The van der Waals surface area contributed by atoms with Gasteiger partial charge >= 0.3 is 6.18 Å². The molecule has 0 aliphatic heterocycles. The Hall–Kier alpha value is -2.62. The van der Waals surface area contributed by atoms with E-state index in [4.69, 9.17) is 0 Å². The van der Waals surface area contributed by atoms with E-state index in [0.29, 0.717) is 18.9 Å². The maximum Gasteiger partial charge on any atom is 0.416 e. The molecule has 220 valence electrons. The summed E-state index contributed by atoms with van der Waals surface area (Å²) in [7, 11) is -7.31. The summed E-state index contributed by atoms with van der Waals surface area (Å²) in [5.41, 5.74) is -1.29. The first-order valence-corrected chi connectivity index (χ1v) is 16.9. The van der Waals surface area contributed by atoms with Crippen LogP contribution in [0.25, 0.3) is 0 Å². The molecule has 3 rings (SSSR count). The van der Waals surface area contributed by atoms with Gasteiger partial charge in [0.2, 0.25) is 15.9 Å². The van der Waals surface area contributed by atoms with Crippen molar-refractivity contribution in [3.63, 3.8) is 0 Å². The normalized spacial score (nSPS) is 20.1. The lowest BCUT2D eigenvalue weighted by atomic mass is 9.83. The van der Waals surface area contributed by atoms with Crippen LogP contribution in [-0.4, -0.2) is 65.5 Å². The minimum Gasteiger partial charge on any atom is -0.351 e. The zero-order valence-electron chi connectivity index (χ0n) is 21.7. The molecule has 15 heteroatoms. The maximum absolute atomic E-state index is 13.1. The molecule has 1 aliphatic rings. The molecule has 1 saturated carbocycles. The number of sulfone groups is 1. The number of carbonyl (C=O) groups excluding carboxylic acids is 2. The van der Waals surface area contributed by atoms with Crippen molar-refractivity contribution in [1.29, 1.82) is 0 Å². The van der Waals surface area contributed by atoms with Gasteiger partial charge < -0.3 is 10.6 Å². The lowest BCUT2D eigenvalue weighted by Gasteiger charge is -2.36. The quantitative estimate of drug-likeness (QED) is 0.347. The minimum atomic E-state index is -4.64. The molecule has 0 bridgehead atoms. The van der Waals surface area contributed by atoms with Crippen LogP contribution < -0.4 is 15.4 Å². The van der Waals surface area contributed by atoms with E-state index in [1.807, 2.05) is 6.26 Å². The van der Waals surface area contributed by atoms with Gasteiger partial charge in [0.05, 0.1) is 29.0 Å². The van der Waals surface area contributed by atoms with Gasteiger partial charge in [0.15, 0.2) is 9.84 Å². The summed E-state index contributed by atoms with van der Waals surface area (Å²) in [4.78, 5) is 26.1. The monoisotopic (exact) mass is 621 g/mol. The Morgan fingerprint density at radius 3 is 2.30 bits per heavy atom. The highest BCUT2D eigenvalue weighted by Crippen LogP contribution is 2.30. The van der Waals surface area contributed by atoms with Crippen LogP contribution in [0.15, 0.2) is 58.3 Å². The zero-order valence-corrected chi connectivity index (χ0v) is 24.1. The van der Waals surface area contributed by atoms with Crippen LogP contribution in [0, 0.1) is 5.92 Å². The highest BCUT2D eigenvalue weighted by molar-refractivity contribution is 7.98. The van der Waals surface area contributed by atoms with Crippen LogP contribution in [-0.2, 0) is 30.8 Å². The van der Waals surface area contributed by atoms with E-state index in [0.717, 1.165) is 23.3 Å². The van der Waals surface area contributed by atoms with E-state index in [1.54, 1.807) is 12.1 Å². The van der Waals surface area contributed by atoms with Gasteiger partial charge in [-0.2, -0.15) is 13.2 Å². The van der Waals surface area contributed by atoms with Crippen molar-refractivity contribution in [2.45, 2.75) is 47.3 Å². The number of nitrogens with one attached hydrogen (secondary N) is 3. The van der Waals surface area contributed by atoms with E-state index in [-0.39, 0.29) is 22.6 Å². The molecule has 1 fully saturated rings. The van der Waals surface area contributed by atoms with Crippen molar-refractivity contribution in [3.05, 3.63) is 59.7 Å². The molecule has 2 aromatic rings. The predicted molar refractivity (Wildman–Crippen MR) is 145 cm³/mol. The Bertz CT molecular complexity index is 1430. The molecule has 1 aliphatic carbocycles. The van der Waals surface area contributed by atoms with E-state index in [9.17, 15) is 39.6 Å². The van der Waals surface area contributed by atoms with Gasteiger partial charge in [-0.1, -0.05) is 6.07 Å². The Labute approximate surface area is 235 Å². The average molecular weight is 622 g/mol. The minimum absolute atomic E-state index is 0.117. The third-order valence-corrected chi connectivity index (χ3v) is 9.80. The van der Waals surface area contributed by atoms with Crippen molar-refractivity contribution in [2.24, 2.45) is 5.92 Å². The second-order valence-corrected chi connectivity index (χ2v) is 14.2. The number of halogens is 3. The van der Waals surface area contributed by atoms with Crippen molar-refractivity contribution in [2.75, 3.05) is 24.8 Å². The molecular formula is C25H30F3N3O6S3. The van der Waals surface area contributed by atoms with Crippen LogP contribution in [0.1, 0.15) is 35.2 Å². The largest absolute Gasteiger partial charge is 0.416 e. The Balaban J connectivity index is 1.70. The summed E-state index contributed by atoms with van der Waals surface area (Å²) in [6.07, 6.45) is -1.00. The Morgan fingerprint density at radius 1 is 1.02 bits per heavy atom. The van der Waals surface area contributed by atoms with Gasteiger partial charge in [0.1, 0.15) is 0 Å². The number of alkyl halides is 3. The number of thioether (sulfide) groups is 1. The number of hydrogen-bond acceptors (Lipinski definition) is 7. The molecule has 0 spiro atoms. The van der Waals surface area contributed by atoms with Crippen molar-refractivity contribution in [1.82, 2.24) is 15.4 Å². The second kappa shape index (κ2) is 12.9. The lowest BCUT2D eigenvalue weighted by Crippen LogP contribution is -2.52. The molecule has 0 radical (unpaired) electrons. The molecule has 0 heterocycles. The van der Waals surface area contributed by atoms with Crippen molar-refractivity contribution < 1.29 is 39.6 Å². The van der Waals surface area contributed by atoms with Crippen molar-refractivity contribution in [3.8, 4) is 0 Å². The number of sulfonamides is 1. The number of amides is 2. The molecule has 0 saturated heterocycles. The topological polar surface area (TPSA) is 139 Å². The van der Waals surface area contributed by atoms with Crippen LogP contribution >= 0.6 is 11.8 Å². The van der Waals surface area contributed by atoms with Gasteiger partial charge in [-0.3, -0.25) is 9.59 Å². The average Bonchev–Trinajstić information content (AvgIpc) is 2.87. The van der Waals surface area contributed by atoms with E-state index in [2.05, 4.69) is 15.4 Å². The molecule has 0 aromatic heterocycles. The number of hydrogen-bond donors (Lipinski definition) is 3. The molecule has 40 heavy (non-hydrogen) atoms.